The van der Waals surface area contributed by atoms with Crippen LogP contribution in [0, 0.1) is 11.8 Å². The Bertz CT molecular complexity index is 1920. The van der Waals surface area contributed by atoms with Crippen LogP contribution in [-0.2, 0) is 30.2 Å². The number of rotatable bonds is 8. The van der Waals surface area contributed by atoms with Crippen molar-refractivity contribution in [3.8, 4) is 16.9 Å². The molecule has 2 fully saturated rings. The first-order valence-corrected chi connectivity index (χ1v) is 17.4. The highest BCUT2D eigenvalue weighted by molar-refractivity contribution is 6.62. The van der Waals surface area contributed by atoms with E-state index in [-0.39, 0.29) is 29.6 Å². The summed E-state index contributed by atoms with van der Waals surface area (Å²) in [6.45, 7) is 15.1. The van der Waals surface area contributed by atoms with Crippen LogP contribution < -0.4 is 15.5 Å². The molecule has 4 aromatic rings. The van der Waals surface area contributed by atoms with Gasteiger partial charge in [0.2, 0.25) is 0 Å². The predicted octanol–water partition coefficient (Wildman–Crippen LogP) is 6.42. The van der Waals surface area contributed by atoms with E-state index in [0.717, 1.165) is 55.5 Å². The zero-order valence-electron chi connectivity index (χ0n) is 29.6. The van der Waals surface area contributed by atoms with Crippen LogP contribution in [0.2, 0.25) is 0 Å². The van der Waals surface area contributed by atoms with E-state index in [0.29, 0.717) is 26.1 Å². The Morgan fingerprint density at radius 3 is 2.49 bits per heavy atom. The molecule has 1 saturated heterocycles. The molecule has 1 unspecified atom stereocenters. The average molecular weight is 668 g/mol. The van der Waals surface area contributed by atoms with Crippen molar-refractivity contribution in [3.63, 3.8) is 0 Å². The number of aromatic amines is 1. The highest BCUT2D eigenvalue weighted by Crippen LogP contribution is 2.45. The minimum atomic E-state index is -0.676. The number of ketones is 1. The molecule has 0 spiro atoms. The lowest BCUT2D eigenvalue weighted by Crippen LogP contribution is -2.47. The van der Waals surface area contributed by atoms with E-state index in [4.69, 9.17) is 28.5 Å². The van der Waals surface area contributed by atoms with Gasteiger partial charge in [-0.3, -0.25) is 4.79 Å². The molecule has 3 heterocycles. The molecule has 3 aromatic carbocycles. The van der Waals surface area contributed by atoms with E-state index >= 15 is 0 Å². The van der Waals surface area contributed by atoms with E-state index < -0.39 is 30.5 Å². The van der Waals surface area contributed by atoms with Crippen molar-refractivity contribution in [1.29, 1.82) is 0 Å². The third-order valence-corrected chi connectivity index (χ3v) is 11.0. The number of H-pyrrole nitrogens is 1. The molecule has 49 heavy (non-hydrogen) atoms. The molecular formula is C38H46BN3O7. The Morgan fingerprint density at radius 2 is 1.80 bits per heavy atom. The molecule has 2 aliphatic heterocycles. The van der Waals surface area contributed by atoms with Gasteiger partial charge in [0.1, 0.15) is 18.2 Å². The number of methoxy groups -OCH3 is 1. The Kier molecular flexibility index (Phi) is 8.52. The van der Waals surface area contributed by atoms with Gasteiger partial charge in [0.15, 0.2) is 5.78 Å². The molecule has 0 bridgehead atoms. The largest absolute Gasteiger partial charge is 0.494 e. The van der Waals surface area contributed by atoms with Crippen LogP contribution in [0.4, 0.5) is 4.79 Å². The van der Waals surface area contributed by atoms with E-state index in [2.05, 4.69) is 74.4 Å². The maximum Gasteiger partial charge on any atom is 0.494 e. The predicted molar refractivity (Wildman–Crippen MR) is 189 cm³/mol. The smallest absolute Gasteiger partial charge is 0.488 e. The maximum absolute atomic E-state index is 14.0. The minimum Gasteiger partial charge on any atom is -0.488 e. The van der Waals surface area contributed by atoms with Crippen LogP contribution in [0.25, 0.3) is 32.9 Å². The number of ether oxygens (including phenoxy) is 3. The number of hydrogen-bond acceptors (Lipinski definition) is 8. The average Bonchev–Trinajstić information content (AvgIpc) is 3.75. The van der Waals surface area contributed by atoms with E-state index in [1.807, 2.05) is 26.8 Å². The first-order chi connectivity index (χ1) is 23.3. The first-order valence-electron chi connectivity index (χ1n) is 17.4. The van der Waals surface area contributed by atoms with Crippen molar-refractivity contribution in [2.75, 3.05) is 13.7 Å². The lowest BCUT2D eigenvalue weighted by atomic mass is 9.77. The van der Waals surface area contributed by atoms with Crippen molar-refractivity contribution in [2.45, 2.75) is 97.2 Å². The molecular weight excluding hydrogens is 621 g/mol. The second-order valence-corrected chi connectivity index (χ2v) is 15.0. The number of amides is 1. The van der Waals surface area contributed by atoms with Crippen molar-refractivity contribution in [1.82, 2.24) is 15.3 Å². The quantitative estimate of drug-likeness (QED) is 0.207. The van der Waals surface area contributed by atoms with Gasteiger partial charge in [-0.05, 0) is 93.6 Å². The van der Waals surface area contributed by atoms with Gasteiger partial charge in [-0.1, -0.05) is 38.1 Å². The summed E-state index contributed by atoms with van der Waals surface area (Å²) in [5, 5.41) is 4.79. The molecule has 258 valence electrons. The van der Waals surface area contributed by atoms with Crippen LogP contribution in [0.1, 0.15) is 78.6 Å². The number of nitrogens with one attached hydrogen (secondary N) is 2. The number of aromatic nitrogens is 2. The molecule has 1 aliphatic carbocycles. The van der Waals surface area contributed by atoms with Crippen molar-refractivity contribution in [2.24, 2.45) is 11.8 Å². The standard InChI is InChI=1S/C38H46BN3O7/c1-9-46-24-16-28(34(43)32(20(2)3)42-36(44)45-8)29(17-24)35-40-30-13-10-21-15-27-25-12-11-23(39-48-37(4,5)38(6,7)49-39)14-22(25)19-47-31(27)18-26(21)33(30)41-35/h10-15,18,20,24,28-29,32H,9,16-17,19H2,1-8H3,(H,40,41)(H,42,44)/t24-,28?,29-,32+/m1/s1. The third kappa shape index (κ3) is 5.89. The third-order valence-electron chi connectivity index (χ3n) is 11.0. The summed E-state index contributed by atoms with van der Waals surface area (Å²) in [7, 11) is 0.869. The van der Waals surface area contributed by atoms with Crippen molar-refractivity contribution < 1.29 is 33.1 Å². The number of fused-ring (bicyclic) bond motifs is 6. The number of carbonyl (C=O) groups excluding carboxylic acids is 2. The van der Waals surface area contributed by atoms with Gasteiger partial charge < -0.3 is 33.8 Å². The van der Waals surface area contributed by atoms with Gasteiger partial charge in [-0.2, -0.15) is 0 Å². The minimum absolute atomic E-state index is 0.0271. The van der Waals surface area contributed by atoms with Gasteiger partial charge in [0.05, 0.1) is 41.5 Å². The van der Waals surface area contributed by atoms with Crippen LogP contribution >= 0.6 is 0 Å². The van der Waals surface area contributed by atoms with Gasteiger partial charge in [0.25, 0.3) is 0 Å². The summed E-state index contributed by atoms with van der Waals surface area (Å²) in [4.78, 5) is 34.8. The monoisotopic (exact) mass is 667 g/mol. The Balaban J connectivity index is 1.21. The van der Waals surface area contributed by atoms with Crippen LogP contribution in [0.5, 0.6) is 5.75 Å². The molecule has 1 aromatic heterocycles. The van der Waals surface area contributed by atoms with Crippen molar-refractivity contribution in [3.05, 3.63) is 53.9 Å². The number of nitrogens with zero attached hydrogens (tertiary/aromatic N) is 1. The topological polar surface area (TPSA) is 121 Å². The molecule has 7 rings (SSSR count). The molecule has 0 radical (unpaired) electrons. The second-order valence-electron chi connectivity index (χ2n) is 15.0. The van der Waals surface area contributed by atoms with Crippen LogP contribution in [-0.4, -0.2) is 66.0 Å². The van der Waals surface area contributed by atoms with Crippen molar-refractivity contribution >= 4 is 46.3 Å². The summed E-state index contributed by atoms with van der Waals surface area (Å²) in [5.41, 5.74) is 5.12. The fourth-order valence-corrected chi connectivity index (χ4v) is 7.59. The zero-order valence-corrected chi connectivity index (χ0v) is 29.6. The lowest BCUT2D eigenvalue weighted by Gasteiger charge is -2.32. The highest BCUT2D eigenvalue weighted by Gasteiger charge is 2.52. The summed E-state index contributed by atoms with van der Waals surface area (Å²) < 4.78 is 29.8. The van der Waals surface area contributed by atoms with E-state index in [1.165, 1.54) is 7.11 Å². The normalized spacial score (nSPS) is 23.0. The number of alkyl carbamates (subject to hydrolysis) is 1. The molecule has 11 heteroatoms. The second kappa shape index (κ2) is 12.4. The van der Waals surface area contributed by atoms with Gasteiger partial charge >= 0.3 is 13.2 Å². The number of imidazole rings is 1. The number of Topliss-reactive ketones (excluding diaryl/α,β-unsaturated/α-hetero) is 1. The highest BCUT2D eigenvalue weighted by atomic mass is 16.7. The summed E-state index contributed by atoms with van der Waals surface area (Å²) in [5.74, 6) is 0.862. The summed E-state index contributed by atoms with van der Waals surface area (Å²) in [6, 6.07) is 14.1. The summed E-state index contributed by atoms with van der Waals surface area (Å²) in [6.07, 6.45) is 0.536. The summed E-state index contributed by atoms with van der Waals surface area (Å²) >= 11 is 0. The molecule has 4 atom stereocenters. The molecule has 2 N–H and O–H groups in total. The van der Waals surface area contributed by atoms with Gasteiger partial charge in [-0.25, -0.2) is 9.78 Å². The van der Waals surface area contributed by atoms with Crippen LogP contribution in [0.15, 0.2) is 42.5 Å². The zero-order chi connectivity index (χ0) is 34.8. The first kappa shape index (κ1) is 33.6. The van der Waals surface area contributed by atoms with Crippen LogP contribution in [0.3, 0.4) is 0 Å². The fraction of sp³-hybridized carbons (Fsp3) is 0.500. The number of benzene rings is 3. The SMILES string of the molecule is CCO[C@@H]1CC(C(=O)[C@@H](NC(=O)OC)C(C)C)[C@H](c2nc3c(ccc4cc5c(cc43)OCc3cc(B4OC(C)(C)C(C)(C)O4)ccc3-5)[nH]2)C1. The molecule has 1 amide bonds. The Labute approximate surface area is 287 Å². The molecule has 1 saturated carbocycles. The van der Waals surface area contributed by atoms with E-state index in [1.54, 1.807) is 0 Å². The molecule has 3 aliphatic rings. The van der Waals surface area contributed by atoms with Gasteiger partial charge in [-0.15, -0.1) is 0 Å². The lowest BCUT2D eigenvalue weighted by molar-refractivity contribution is -0.126. The number of carbonyl (C=O) groups is 2. The Hall–Kier alpha value is -3.93. The molecule has 10 nitrogen and oxygen atoms in total. The maximum atomic E-state index is 14.0. The Morgan fingerprint density at radius 1 is 1.04 bits per heavy atom. The van der Waals surface area contributed by atoms with Gasteiger partial charge in [0, 0.05) is 29.4 Å². The number of hydrogen-bond donors (Lipinski definition) is 2. The van der Waals surface area contributed by atoms with E-state index in [9.17, 15) is 9.59 Å². The fourth-order valence-electron chi connectivity index (χ4n) is 7.59.